The number of nitriles is 2. The Bertz CT molecular complexity index is 829. The van der Waals surface area contributed by atoms with Crippen LogP contribution in [0.25, 0.3) is 0 Å². The Morgan fingerprint density at radius 2 is 1.82 bits per heavy atom. The van der Waals surface area contributed by atoms with Crippen molar-refractivity contribution in [1.82, 2.24) is 20.8 Å². The molecular weight excluding hydrogens is 416 g/mol. The third kappa shape index (κ3) is 7.73. The standard InChI is InChI=1S/C18H19ClN6OS2/c19-16-2-1-4-22-17(16)13-28-9-6-24-18(14(10-20)11-21)23-5-8-27-12-15-3-7-26-25-15/h1-4,7,23-24H,5-6,8-9,12-13H2. The fraction of sp³-hybridized carbons (Fsp3) is 0.333. The van der Waals surface area contributed by atoms with E-state index in [1.54, 1.807) is 42.1 Å². The van der Waals surface area contributed by atoms with E-state index in [1.165, 1.54) is 0 Å². The van der Waals surface area contributed by atoms with Gasteiger partial charge in [-0.3, -0.25) is 4.98 Å². The molecule has 2 heterocycles. The highest BCUT2D eigenvalue weighted by molar-refractivity contribution is 7.98. The molecule has 0 atom stereocenters. The van der Waals surface area contributed by atoms with Crippen LogP contribution in [0.4, 0.5) is 0 Å². The van der Waals surface area contributed by atoms with E-state index < -0.39 is 0 Å². The Morgan fingerprint density at radius 1 is 1.11 bits per heavy atom. The zero-order valence-corrected chi connectivity index (χ0v) is 17.4. The van der Waals surface area contributed by atoms with Crippen LogP contribution in [0.1, 0.15) is 11.4 Å². The Labute approximate surface area is 177 Å². The molecular formula is C18H19ClN6OS2. The molecule has 146 valence electrons. The average molecular weight is 435 g/mol. The average Bonchev–Trinajstić information content (AvgIpc) is 3.22. The van der Waals surface area contributed by atoms with Gasteiger partial charge in [0.2, 0.25) is 0 Å². The van der Waals surface area contributed by atoms with Crippen molar-refractivity contribution in [3.8, 4) is 12.1 Å². The van der Waals surface area contributed by atoms with E-state index in [2.05, 4.69) is 20.8 Å². The lowest BCUT2D eigenvalue weighted by molar-refractivity contribution is 0.414. The van der Waals surface area contributed by atoms with Crippen LogP contribution in [-0.4, -0.2) is 34.7 Å². The Morgan fingerprint density at radius 3 is 2.43 bits per heavy atom. The number of hydrogen-bond acceptors (Lipinski definition) is 9. The maximum absolute atomic E-state index is 9.14. The van der Waals surface area contributed by atoms with Crippen LogP contribution in [0, 0.1) is 22.7 Å². The van der Waals surface area contributed by atoms with Crippen LogP contribution in [0.15, 0.2) is 46.6 Å². The van der Waals surface area contributed by atoms with Gasteiger partial charge in [0.1, 0.15) is 24.2 Å². The van der Waals surface area contributed by atoms with Crippen molar-refractivity contribution in [2.45, 2.75) is 11.5 Å². The van der Waals surface area contributed by atoms with Crippen molar-refractivity contribution in [3.63, 3.8) is 0 Å². The second kappa shape index (κ2) is 12.9. The van der Waals surface area contributed by atoms with Crippen molar-refractivity contribution in [2.24, 2.45) is 0 Å². The van der Waals surface area contributed by atoms with Crippen LogP contribution < -0.4 is 10.6 Å². The molecule has 0 unspecified atom stereocenters. The minimum atomic E-state index is 0.0410. The van der Waals surface area contributed by atoms with Gasteiger partial charge in [-0.25, -0.2) is 0 Å². The SMILES string of the molecule is N#CC(C#N)=C(NCCSCc1ccon1)NCCSCc1ncccc1Cl. The summed E-state index contributed by atoms with van der Waals surface area (Å²) in [5.74, 6) is 3.50. The van der Waals surface area contributed by atoms with E-state index in [1.807, 2.05) is 24.3 Å². The topological polar surface area (TPSA) is 111 Å². The molecule has 10 heteroatoms. The van der Waals surface area contributed by atoms with Crippen molar-refractivity contribution in [3.05, 3.63) is 58.5 Å². The minimum Gasteiger partial charge on any atom is -0.369 e. The second-order valence-electron chi connectivity index (χ2n) is 5.36. The highest BCUT2D eigenvalue weighted by Gasteiger charge is 2.06. The number of halogens is 1. The van der Waals surface area contributed by atoms with Gasteiger partial charge in [-0.05, 0) is 12.1 Å². The molecule has 0 aliphatic carbocycles. The fourth-order valence-electron chi connectivity index (χ4n) is 2.05. The zero-order chi connectivity index (χ0) is 20.0. The maximum atomic E-state index is 9.14. The van der Waals surface area contributed by atoms with E-state index in [0.717, 1.165) is 28.6 Å². The normalized spacial score (nSPS) is 9.96. The largest absolute Gasteiger partial charge is 0.369 e. The second-order valence-corrected chi connectivity index (χ2v) is 7.97. The first-order chi connectivity index (χ1) is 13.7. The van der Waals surface area contributed by atoms with Gasteiger partial charge < -0.3 is 15.2 Å². The fourth-order valence-corrected chi connectivity index (χ4v) is 3.89. The van der Waals surface area contributed by atoms with Gasteiger partial charge in [0.25, 0.3) is 0 Å². The number of hydrogen-bond donors (Lipinski definition) is 2. The third-order valence-electron chi connectivity index (χ3n) is 3.38. The molecule has 2 N–H and O–H groups in total. The predicted octanol–water partition coefficient (Wildman–Crippen LogP) is 3.33. The molecule has 7 nitrogen and oxygen atoms in total. The molecule has 0 spiro atoms. The summed E-state index contributed by atoms with van der Waals surface area (Å²) in [5, 5.41) is 29.1. The molecule has 0 aliphatic rings. The first-order valence-electron chi connectivity index (χ1n) is 8.41. The number of thioether (sulfide) groups is 2. The Hall–Kier alpha value is -2.33. The van der Waals surface area contributed by atoms with Crippen LogP contribution in [0.3, 0.4) is 0 Å². The van der Waals surface area contributed by atoms with Crippen LogP contribution in [0.5, 0.6) is 0 Å². The van der Waals surface area contributed by atoms with Crippen molar-refractivity contribution in [1.29, 1.82) is 10.5 Å². The molecule has 2 aromatic heterocycles. The lowest BCUT2D eigenvalue weighted by atomic mass is 10.3. The molecule has 2 rings (SSSR count). The van der Waals surface area contributed by atoms with Gasteiger partial charge in [0, 0.05) is 48.4 Å². The van der Waals surface area contributed by atoms with Gasteiger partial charge in [0.05, 0.1) is 16.4 Å². The first-order valence-corrected chi connectivity index (χ1v) is 11.1. The molecule has 0 radical (unpaired) electrons. The summed E-state index contributed by atoms with van der Waals surface area (Å²) in [6.07, 6.45) is 3.27. The van der Waals surface area contributed by atoms with Gasteiger partial charge in [0.15, 0.2) is 5.57 Å². The number of aromatic nitrogens is 2. The summed E-state index contributed by atoms with van der Waals surface area (Å²) in [4.78, 5) is 4.25. The molecule has 0 saturated carbocycles. The van der Waals surface area contributed by atoms with Crippen LogP contribution in [-0.2, 0) is 11.5 Å². The molecule has 0 aromatic carbocycles. The summed E-state index contributed by atoms with van der Waals surface area (Å²) in [5.41, 5.74) is 1.78. The Kier molecular flexibility index (Phi) is 10.2. The lowest BCUT2D eigenvalue weighted by Crippen LogP contribution is -2.31. The number of allylic oxidation sites excluding steroid dienone is 1. The van der Waals surface area contributed by atoms with Gasteiger partial charge >= 0.3 is 0 Å². The molecule has 0 amide bonds. The van der Waals surface area contributed by atoms with E-state index in [9.17, 15) is 0 Å². The lowest BCUT2D eigenvalue weighted by Gasteiger charge is -2.13. The van der Waals surface area contributed by atoms with E-state index in [4.69, 9.17) is 26.6 Å². The molecule has 2 aromatic rings. The molecule has 0 saturated heterocycles. The van der Waals surface area contributed by atoms with Crippen molar-refractivity contribution in [2.75, 3.05) is 24.6 Å². The highest BCUT2D eigenvalue weighted by Crippen LogP contribution is 2.18. The Balaban J connectivity index is 1.70. The number of pyridine rings is 1. The zero-order valence-electron chi connectivity index (χ0n) is 15.0. The van der Waals surface area contributed by atoms with Crippen molar-refractivity contribution < 1.29 is 4.52 Å². The molecule has 0 fully saturated rings. The molecule has 0 bridgehead atoms. The van der Waals surface area contributed by atoms with Gasteiger partial charge in [-0.2, -0.15) is 34.0 Å². The van der Waals surface area contributed by atoms with Gasteiger partial charge in [-0.15, -0.1) is 0 Å². The molecule has 28 heavy (non-hydrogen) atoms. The third-order valence-corrected chi connectivity index (χ3v) is 5.69. The summed E-state index contributed by atoms with van der Waals surface area (Å²) in [7, 11) is 0. The monoisotopic (exact) mass is 434 g/mol. The minimum absolute atomic E-state index is 0.0410. The van der Waals surface area contributed by atoms with E-state index >= 15 is 0 Å². The first kappa shape index (κ1) is 22.0. The number of nitrogens with one attached hydrogen (secondary N) is 2. The summed E-state index contributed by atoms with van der Waals surface area (Å²) < 4.78 is 4.79. The van der Waals surface area contributed by atoms with Crippen molar-refractivity contribution >= 4 is 35.1 Å². The van der Waals surface area contributed by atoms with E-state index in [0.29, 0.717) is 29.7 Å². The maximum Gasteiger partial charge on any atom is 0.169 e. The number of nitrogens with zero attached hydrogens (tertiary/aromatic N) is 4. The summed E-state index contributed by atoms with van der Waals surface area (Å²) >= 11 is 9.45. The highest BCUT2D eigenvalue weighted by atomic mass is 35.5. The van der Waals surface area contributed by atoms with Gasteiger partial charge in [-0.1, -0.05) is 16.8 Å². The quantitative estimate of drug-likeness (QED) is 0.383. The summed E-state index contributed by atoms with van der Waals surface area (Å²) in [6.45, 7) is 1.23. The number of rotatable bonds is 12. The summed E-state index contributed by atoms with van der Waals surface area (Å²) in [6, 6.07) is 9.29. The van der Waals surface area contributed by atoms with Crippen LogP contribution >= 0.6 is 35.1 Å². The predicted molar refractivity (Wildman–Crippen MR) is 112 cm³/mol. The van der Waals surface area contributed by atoms with Crippen LogP contribution in [0.2, 0.25) is 5.02 Å². The van der Waals surface area contributed by atoms with E-state index in [-0.39, 0.29) is 5.57 Å². The molecule has 0 aliphatic heterocycles. The smallest absolute Gasteiger partial charge is 0.169 e.